The predicted molar refractivity (Wildman–Crippen MR) is 80.5 cm³/mol. The Morgan fingerprint density at radius 2 is 2.14 bits per heavy atom. The highest BCUT2D eigenvalue weighted by Crippen LogP contribution is 2.39. The first-order chi connectivity index (χ1) is 10.1. The van der Waals surface area contributed by atoms with Crippen molar-refractivity contribution in [3.05, 3.63) is 46.9 Å². The fraction of sp³-hybridized carbons (Fsp3) is 0.133. The maximum Gasteiger partial charge on any atom is 0.153 e. The molecule has 0 aliphatic rings. The second-order valence-electron chi connectivity index (χ2n) is 4.60. The maximum absolute atomic E-state index is 13.2. The van der Waals surface area contributed by atoms with Crippen molar-refractivity contribution < 1.29 is 8.81 Å². The van der Waals surface area contributed by atoms with Crippen LogP contribution in [0.1, 0.15) is 12.7 Å². The van der Waals surface area contributed by atoms with Crippen LogP contribution in [0.5, 0.6) is 0 Å². The predicted octanol–water partition coefficient (Wildman–Crippen LogP) is 4.27. The zero-order valence-corrected chi connectivity index (χ0v) is 12.0. The molecule has 21 heavy (non-hydrogen) atoms. The van der Waals surface area contributed by atoms with Crippen LogP contribution in [0.25, 0.3) is 22.6 Å². The number of halogens is 2. The first kappa shape index (κ1) is 13.7. The van der Waals surface area contributed by atoms with Gasteiger partial charge in [-0.3, -0.25) is 5.10 Å². The summed E-state index contributed by atoms with van der Waals surface area (Å²) >= 11 is 6.12. The van der Waals surface area contributed by atoms with Crippen molar-refractivity contribution in [2.75, 3.05) is 5.73 Å². The van der Waals surface area contributed by atoms with Crippen molar-refractivity contribution in [1.29, 1.82) is 0 Å². The number of aromatic nitrogens is 2. The van der Waals surface area contributed by atoms with Gasteiger partial charge in [0.1, 0.15) is 17.3 Å². The zero-order valence-electron chi connectivity index (χ0n) is 11.3. The van der Waals surface area contributed by atoms with E-state index in [1.807, 2.05) is 19.1 Å². The Labute approximate surface area is 125 Å². The molecule has 108 valence electrons. The molecule has 4 nitrogen and oxygen atoms in total. The largest absolute Gasteiger partial charge is 0.459 e. The summed E-state index contributed by atoms with van der Waals surface area (Å²) in [5.74, 6) is 1.35. The quantitative estimate of drug-likeness (QED) is 0.759. The van der Waals surface area contributed by atoms with Gasteiger partial charge in [-0.05, 0) is 30.3 Å². The summed E-state index contributed by atoms with van der Waals surface area (Å²) in [6.45, 7) is 2.00. The third-order valence-corrected chi connectivity index (χ3v) is 3.56. The molecular weight excluding hydrogens is 293 g/mol. The van der Waals surface area contributed by atoms with E-state index in [0.717, 1.165) is 12.2 Å². The van der Waals surface area contributed by atoms with E-state index in [0.29, 0.717) is 22.6 Å². The van der Waals surface area contributed by atoms with E-state index in [-0.39, 0.29) is 10.8 Å². The monoisotopic (exact) mass is 305 g/mol. The maximum atomic E-state index is 13.2. The Bertz CT molecular complexity index is 794. The van der Waals surface area contributed by atoms with Gasteiger partial charge in [-0.1, -0.05) is 18.5 Å². The zero-order chi connectivity index (χ0) is 15.0. The third kappa shape index (κ3) is 2.40. The second-order valence-corrected chi connectivity index (χ2v) is 5.01. The van der Waals surface area contributed by atoms with Gasteiger partial charge in [0.15, 0.2) is 11.6 Å². The minimum atomic E-state index is -0.404. The van der Waals surface area contributed by atoms with Gasteiger partial charge >= 0.3 is 0 Å². The molecule has 0 unspecified atom stereocenters. The van der Waals surface area contributed by atoms with Crippen LogP contribution in [0.15, 0.2) is 34.7 Å². The third-order valence-electron chi connectivity index (χ3n) is 3.25. The van der Waals surface area contributed by atoms with Crippen LogP contribution in [0.3, 0.4) is 0 Å². The Hall–Kier alpha value is -2.27. The Morgan fingerprint density at radius 3 is 2.81 bits per heavy atom. The number of hydrogen-bond acceptors (Lipinski definition) is 3. The van der Waals surface area contributed by atoms with Crippen LogP contribution in [-0.2, 0) is 6.42 Å². The number of nitrogens with one attached hydrogen (secondary N) is 1. The van der Waals surface area contributed by atoms with Gasteiger partial charge in [0.2, 0.25) is 0 Å². The molecule has 0 aliphatic heterocycles. The number of nitrogen functional groups attached to an aromatic ring is 1. The lowest BCUT2D eigenvalue weighted by molar-refractivity contribution is 0.527. The molecule has 3 N–H and O–H groups in total. The van der Waals surface area contributed by atoms with Crippen LogP contribution in [-0.4, -0.2) is 10.2 Å². The van der Waals surface area contributed by atoms with E-state index in [2.05, 4.69) is 10.2 Å². The number of H-pyrrole nitrogens is 1. The van der Waals surface area contributed by atoms with Gasteiger partial charge < -0.3 is 10.2 Å². The summed E-state index contributed by atoms with van der Waals surface area (Å²) < 4.78 is 18.9. The molecule has 6 heteroatoms. The molecule has 0 saturated carbocycles. The normalized spacial score (nSPS) is 11.0. The Kier molecular flexibility index (Phi) is 3.43. The minimum absolute atomic E-state index is 0.270. The van der Waals surface area contributed by atoms with Crippen LogP contribution in [0, 0.1) is 5.82 Å². The SMILES string of the molecule is CCc1ccc(-c2[nH]nc(N)c2-c2ccc(F)cc2Cl)o1. The molecule has 0 fully saturated rings. The lowest BCUT2D eigenvalue weighted by Gasteiger charge is -2.05. The summed E-state index contributed by atoms with van der Waals surface area (Å²) in [6, 6.07) is 7.88. The number of nitrogens with two attached hydrogens (primary N) is 1. The Balaban J connectivity index is 2.17. The highest BCUT2D eigenvalue weighted by atomic mass is 35.5. The molecule has 3 rings (SSSR count). The van der Waals surface area contributed by atoms with E-state index < -0.39 is 5.82 Å². The summed E-state index contributed by atoms with van der Waals surface area (Å²) in [6.07, 6.45) is 0.788. The minimum Gasteiger partial charge on any atom is -0.459 e. The molecule has 3 aromatic rings. The van der Waals surface area contributed by atoms with E-state index in [1.165, 1.54) is 12.1 Å². The fourth-order valence-electron chi connectivity index (χ4n) is 2.20. The molecule has 2 heterocycles. The summed E-state index contributed by atoms with van der Waals surface area (Å²) in [5.41, 5.74) is 7.76. The van der Waals surface area contributed by atoms with Crippen LogP contribution in [0.4, 0.5) is 10.2 Å². The van der Waals surface area contributed by atoms with E-state index in [9.17, 15) is 4.39 Å². The van der Waals surface area contributed by atoms with Crippen molar-refractivity contribution in [2.45, 2.75) is 13.3 Å². The van der Waals surface area contributed by atoms with Crippen molar-refractivity contribution in [2.24, 2.45) is 0 Å². The summed E-state index contributed by atoms with van der Waals surface area (Å²) in [5, 5.41) is 7.13. The molecule has 0 saturated heterocycles. The van der Waals surface area contributed by atoms with Crippen LogP contribution >= 0.6 is 11.6 Å². The number of furan rings is 1. The number of hydrogen-bond donors (Lipinski definition) is 2. The highest BCUT2D eigenvalue weighted by molar-refractivity contribution is 6.33. The van der Waals surface area contributed by atoms with Gasteiger partial charge in [0.05, 0.1) is 10.6 Å². The fourth-order valence-corrected chi connectivity index (χ4v) is 2.46. The van der Waals surface area contributed by atoms with Crippen LogP contribution < -0.4 is 5.73 Å². The molecule has 2 aromatic heterocycles. The molecule has 1 aromatic carbocycles. The van der Waals surface area contributed by atoms with Gasteiger partial charge in [0, 0.05) is 12.0 Å². The lowest BCUT2D eigenvalue weighted by atomic mass is 10.0. The smallest absolute Gasteiger partial charge is 0.153 e. The standard InChI is InChI=1S/C15H13ClFN3O/c1-2-9-4-6-12(21-9)14-13(15(18)20-19-14)10-5-3-8(17)7-11(10)16/h3-7H,2H2,1H3,(H3,18,19,20). The molecule has 0 spiro atoms. The Morgan fingerprint density at radius 1 is 1.33 bits per heavy atom. The molecule has 0 bridgehead atoms. The molecule has 0 atom stereocenters. The first-order valence-electron chi connectivity index (χ1n) is 6.48. The molecular formula is C15H13ClFN3O. The number of aromatic amines is 1. The molecule has 0 amide bonds. The topological polar surface area (TPSA) is 67.8 Å². The highest BCUT2D eigenvalue weighted by Gasteiger charge is 2.19. The van der Waals surface area contributed by atoms with Crippen molar-refractivity contribution >= 4 is 17.4 Å². The number of rotatable bonds is 3. The number of nitrogens with zero attached hydrogens (tertiary/aromatic N) is 1. The lowest BCUT2D eigenvalue weighted by Crippen LogP contribution is -1.90. The molecule has 0 aliphatic carbocycles. The molecule has 0 radical (unpaired) electrons. The number of aryl methyl sites for hydroxylation is 1. The van der Waals surface area contributed by atoms with Gasteiger partial charge in [-0.2, -0.15) is 5.10 Å². The summed E-state index contributed by atoms with van der Waals surface area (Å²) in [7, 11) is 0. The number of anilines is 1. The van der Waals surface area contributed by atoms with Crippen molar-refractivity contribution in [3.8, 4) is 22.6 Å². The van der Waals surface area contributed by atoms with E-state index in [1.54, 1.807) is 6.07 Å². The second kappa shape index (κ2) is 5.26. The average Bonchev–Trinajstić information content (AvgIpc) is 3.06. The van der Waals surface area contributed by atoms with Crippen molar-refractivity contribution in [3.63, 3.8) is 0 Å². The van der Waals surface area contributed by atoms with E-state index >= 15 is 0 Å². The average molecular weight is 306 g/mol. The van der Waals surface area contributed by atoms with Crippen molar-refractivity contribution in [1.82, 2.24) is 10.2 Å². The van der Waals surface area contributed by atoms with Gasteiger partial charge in [-0.15, -0.1) is 0 Å². The van der Waals surface area contributed by atoms with Crippen LogP contribution in [0.2, 0.25) is 5.02 Å². The summed E-state index contributed by atoms with van der Waals surface area (Å²) in [4.78, 5) is 0. The van der Waals surface area contributed by atoms with Gasteiger partial charge in [0.25, 0.3) is 0 Å². The first-order valence-corrected chi connectivity index (χ1v) is 6.86. The van der Waals surface area contributed by atoms with Gasteiger partial charge in [-0.25, -0.2) is 4.39 Å². The van der Waals surface area contributed by atoms with E-state index in [4.69, 9.17) is 21.8 Å². The number of benzene rings is 1.